The van der Waals surface area contributed by atoms with E-state index in [4.69, 9.17) is 14.2 Å². The number of ether oxygens (including phenoxy) is 3. The highest BCUT2D eigenvalue weighted by Crippen LogP contribution is 2.47. The average Bonchev–Trinajstić information content (AvgIpc) is 2.42. The van der Waals surface area contributed by atoms with E-state index >= 15 is 0 Å². The van der Waals surface area contributed by atoms with Crippen LogP contribution in [0, 0.1) is 11.3 Å². The molecule has 4 rings (SSSR count). The van der Waals surface area contributed by atoms with Crippen molar-refractivity contribution in [3.05, 3.63) is 12.2 Å². The zero-order chi connectivity index (χ0) is 11.8. The van der Waals surface area contributed by atoms with Crippen LogP contribution in [0.2, 0.25) is 0 Å². The molecule has 17 heavy (non-hydrogen) atoms. The lowest BCUT2D eigenvalue weighted by atomic mass is 9.82. The van der Waals surface area contributed by atoms with Gasteiger partial charge in [-0.3, -0.25) is 0 Å². The van der Waals surface area contributed by atoms with Crippen LogP contribution in [0.4, 0.5) is 0 Å². The van der Waals surface area contributed by atoms with E-state index in [-0.39, 0.29) is 5.41 Å². The molecule has 0 spiro atoms. The molecule has 0 N–H and O–H groups in total. The molecule has 0 aromatic heterocycles. The molecule has 3 heterocycles. The summed E-state index contributed by atoms with van der Waals surface area (Å²) in [7, 11) is 0. The zero-order valence-electron chi connectivity index (χ0n) is 10.6. The highest BCUT2D eigenvalue weighted by Gasteiger charge is 2.55. The first-order valence-corrected chi connectivity index (χ1v) is 6.85. The van der Waals surface area contributed by atoms with E-state index in [0.717, 1.165) is 51.9 Å². The molecule has 1 atom stereocenters. The Balaban J connectivity index is 1.70. The van der Waals surface area contributed by atoms with Gasteiger partial charge in [-0.05, 0) is 25.7 Å². The molecule has 0 radical (unpaired) electrons. The minimum Gasteiger partial charge on any atom is -0.326 e. The Labute approximate surface area is 103 Å². The zero-order valence-corrected chi connectivity index (χ0v) is 10.6. The number of fused-ring (bicyclic) bond motifs is 3. The highest BCUT2D eigenvalue weighted by molar-refractivity contribution is 4.97. The van der Waals surface area contributed by atoms with Crippen molar-refractivity contribution in [1.82, 2.24) is 0 Å². The first-order chi connectivity index (χ1) is 8.29. The van der Waals surface area contributed by atoms with Gasteiger partial charge >= 0.3 is 0 Å². The third kappa shape index (κ3) is 1.94. The maximum Gasteiger partial charge on any atom is 0.286 e. The number of allylic oxidation sites excluding steroid dienone is 2. The highest BCUT2D eigenvalue weighted by atomic mass is 16.9. The van der Waals surface area contributed by atoms with Crippen molar-refractivity contribution < 1.29 is 14.2 Å². The molecule has 3 heteroatoms. The van der Waals surface area contributed by atoms with Gasteiger partial charge in [-0.2, -0.15) is 0 Å². The van der Waals surface area contributed by atoms with Gasteiger partial charge in [0.2, 0.25) is 0 Å². The third-order valence-corrected chi connectivity index (χ3v) is 4.29. The molecule has 3 fully saturated rings. The molecule has 1 aliphatic carbocycles. The standard InChI is InChI=1S/C14H22O3/c1-2-8-13-9-15-14(16-10-13,17-11-13)12-6-4-3-5-7-12/h3-4,12H,2,5-11H2,1H3. The van der Waals surface area contributed by atoms with Gasteiger partial charge in [-0.15, -0.1) is 0 Å². The van der Waals surface area contributed by atoms with Gasteiger partial charge in [0, 0.05) is 11.3 Å². The fourth-order valence-electron chi connectivity index (χ4n) is 3.23. The lowest BCUT2D eigenvalue weighted by Gasteiger charge is -2.54. The molecule has 0 aromatic rings. The number of hydrogen-bond donors (Lipinski definition) is 0. The molecule has 3 aliphatic heterocycles. The van der Waals surface area contributed by atoms with Gasteiger partial charge in [0.15, 0.2) is 0 Å². The predicted octanol–water partition coefficient (Wildman–Crippen LogP) is 2.86. The largest absolute Gasteiger partial charge is 0.326 e. The van der Waals surface area contributed by atoms with E-state index in [1.165, 1.54) is 0 Å². The first kappa shape index (κ1) is 11.7. The average molecular weight is 238 g/mol. The van der Waals surface area contributed by atoms with Gasteiger partial charge in [0.05, 0.1) is 19.8 Å². The van der Waals surface area contributed by atoms with Crippen molar-refractivity contribution in [2.24, 2.45) is 11.3 Å². The van der Waals surface area contributed by atoms with Crippen molar-refractivity contribution in [2.75, 3.05) is 19.8 Å². The van der Waals surface area contributed by atoms with Crippen molar-refractivity contribution in [3.63, 3.8) is 0 Å². The molecular formula is C14H22O3. The van der Waals surface area contributed by atoms with E-state index in [1.54, 1.807) is 0 Å². The molecule has 4 aliphatic rings. The number of rotatable bonds is 3. The number of hydrogen-bond acceptors (Lipinski definition) is 3. The Kier molecular flexibility index (Phi) is 3.01. The van der Waals surface area contributed by atoms with Crippen LogP contribution < -0.4 is 0 Å². The summed E-state index contributed by atoms with van der Waals surface area (Å²) in [6.07, 6.45) is 9.99. The van der Waals surface area contributed by atoms with Crippen LogP contribution in [-0.4, -0.2) is 25.8 Å². The normalized spacial score (nSPS) is 45.1. The summed E-state index contributed by atoms with van der Waals surface area (Å²) in [5.74, 6) is -0.354. The lowest BCUT2D eigenvalue weighted by Crippen LogP contribution is -2.63. The molecule has 0 amide bonds. The molecule has 3 nitrogen and oxygen atoms in total. The Morgan fingerprint density at radius 3 is 2.35 bits per heavy atom. The Bertz CT molecular complexity index is 286. The smallest absolute Gasteiger partial charge is 0.286 e. The molecule has 2 bridgehead atoms. The Morgan fingerprint density at radius 1 is 1.12 bits per heavy atom. The monoisotopic (exact) mass is 238 g/mol. The maximum atomic E-state index is 5.98. The summed E-state index contributed by atoms with van der Waals surface area (Å²) in [6, 6.07) is 0. The summed E-state index contributed by atoms with van der Waals surface area (Å²) in [5, 5.41) is 0. The summed E-state index contributed by atoms with van der Waals surface area (Å²) in [6.45, 7) is 4.63. The summed E-state index contributed by atoms with van der Waals surface area (Å²) in [5.41, 5.74) is 0.126. The van der Waals surface area contributed by atoms with E-state index in [0.29, 0.717) is 5.92 Å². The molecule has 0 saturated carbocycles. The summed E-state index contributed by atoms with van der Waals surface area (Å²) < 4.78 is 17.9. The van der Waals surface area contributed by atoms with Crippen LogP contribution >= 0.6 is 0 Å². The topological polar surface area (TPSA) is 27.7 Å². The van der Waals surface area contributed by atoms with Crippen LogP contribution in [0.15, 0.2) is 12.2 Å². The van der Waals surface area contributed by atoms with Crippen LogP contribution in [0.25, 0.3) is 0 Å². The van der Waals surface area contributed by atoms with Crippen molar-refractivity contribution in [3.8, 4) is 0 Å². The Hall–Kier alpha value is -0.380. The van der Waals surface area contributed by atoms with Crippen LogP contribution in [0.3, 0.4) is 0 Å². The molecule has 96 valence electrons. The van der Waals surface area contributed by atoms with Gasteiger partial charge in [-0.25, -0.2) is 0 Å². The molecular weight excluding hydrogens is 216 g/mol. The van der Waals surface area contributed by atoms with Crippen LogP contribution in [0.1, 0.15) is 39.0 Å². The minimum atomic E-state index is -0.722. The predicted molar refractivity (Wildman–Crippen MR) is 64.4 cm³/mol. The van der Waals surface area contributed by atoms with Gasteiger partial charge in [0.25, 0.3) is 5.97 Å². The fraction of sp³-hybridized carbons (Fsp3) is 0.857. The second-order valence-electron chi connectivity index (χ2n) is 5.70. The molecule has 3 saturated heterocycles. The first-order valence-electron chi connectivity index (χ1n) is 6.85. The van der Waals surface area contributed by atoms with Crippen LogP contribution in [0.5, 0.6) is 0 Å². The van der Waals surface area contributed by atoms with Crippen molar-refractivity contribution in [2.45, 2.75) is 45.0 Å². The summed E-state index contributed by atoms with van der Waals surface area (Å²) >= 11 is 0. The second kappa shape index (κ2) is 4.38. The van der Waals surface area contributed by atoms with Crippen molar-refractivity contribution in [1.29, 1.82) is 0 Å². The molecule has 0 aromatic carbocycles. The third-order valence-electron chi connectivity index (χ3n) is 4.29. The van der Waals surface area contributed by atoms with E-state index in [2.05, 4.69) is 19.1 Å². The summed E-state index contributed by atoms with van der Waals surface area (Å²) in [4.78, 5) is 0. The lowest BCUT2D eigenvalue weighted by molar-refractivity contribution is -0.487. The molecule has 1 unspecified atom stereocenters. The Morgan fingerprint density at radius 2 is 1.82 bits per heavy atom. The maximum absolute atomic E-state index is 5.98. The van der Waals surface area contributed by atoms with E-state index in [1.807, 2.05) is 0 Å². The van der Waals surface area contributed by atoms with Crippen molar-refractivity contribution >= 4 is 0 Å². The van der Waals surface area contributed by atoms with E-state index < -0.39 is 5.97 Å². The minimum absolute atomic E-state index is 0.126. The second-order valence-corrected chi connectivity index (χ2v) is 5.70. The quantitative estimate of drug-likeness (QED) is 0.708. The van der Waals surface area contributed by atoms with Gasteiger partial charge in [0.1, 0.15) is 0 Å². The fourth-order valence-corrected chi connectivity index (χ4v) is 3.23. The van der Waals surface area contributed by atoms with Crippen LogP contribution in [-0.2, 0) is 14.2 Å². The van der Waals surface area contributed by atoms with Gasteiger partial charge in [-0.1, -0.05) is 25.5 Å². The van der Waals surface area contributed by atoms with E-state index in [9.17, 15) is 0 Å². The SMILES string of the molecule is CCCC12COC(C3CC=CCC3)(OC1)OC2. The van der Waals surface area contributed by atoms with Gasteiger partial charge < -0.3 is 14.2 Å².